The third kappa shape index (κ3) is 3.72. The molecule has 4 rings (SSSR count). The lowest BCUT2D eigenvalue weighted by molar-refractivity contribution is -0.143. The molecule has 0 radical (unpaired) electrons. The highest BCUT2D eigenvalue weighted by Crippen LogP contribution is 2.31. The van der Waals surface area contributed by atoms with Gasteiger partial charge in [-0.1, -0.05) is 11.2 Å². The van der Waals surface area contributed by atoms with E-state index in [2.05, 4.69) is 20.4 Å². The number of nitrogens with zero attached hydrogens (tertiary/aromatic N) is 5. The molecule has 0 atom stereocenters. The molecule has 11 nitrogen and oxygen atoms in total. The first-order valence-corrected chi connectivity index (χ1v) is 8.71. The van der Waals surface area contributed by atoms with Crippen molar-refractivity contribution < 1.29 is 23.7 Å². The molecule has 1 aliphatic carbocycles. The van der Waals surface area contributed by atoms with Crippen LogP contribution in [-0.4, -0.2) is 55.2 Å². The summed E-state index contributed by atoms with van der Waals surface area (Å²) in [6, 6.07) is 4.40. The Kier molecular flexibility index (Phi) is 4.55. The number of hydrogen-bond acceptors (Lipinski definition) is 8. The molecule has 0 unspecified atom stereocenters. The average molecular weight is 384 g/mol. The van der Waals surface area contributed by atoms with Gasteiger partial charge in [0.1, 0.15) is 12.4 Å². The first kappa shape index (κ1) is 17.8. The topological polar surface area (TPSA) is 139 Å². The third-order valence-electron chi connectivity index (χ3n) is 4.33. The van der Waals surface area contributed by atoms with E-state index >= 15 is 0 Å². The first-order chi connectivity index (χ1) is 13.5. The zero-order chi connectivity index (χ0) is 19.7. The van der Waals surface area contributed by atoms with Crippen molar-refractivity contribution in [3.05, 3.63) is 36.1 Å². The third-order valence-corrected chi connectivity index (χ3v) is 4.33. The van der Waals surface area contributed by atoms with Crippen molar-refractivity contribution in [2.45, 2.75) is 25.8 Å². The van der Waals surface area contributed by atoms with Gasteiger partial charge in [-0.3, -0.25) is 19.3 Å². The number of urea groups is 1. The maximum Gasteiger partial charge on any atom is 0.334 e. The van der Waals surface area contributed by atoms with Crippen molar-refractivity contribution in [2.24, 2.45) is 5.92 Å². The number of imide groups is 2. The zero-order valence-electron chi connectivity index (χ0n) is 14.7. The van der Waals surface area contributed by atoms with E-state index in [1.165, 1.54) is 0 Å². The molecule has 2 aromatic rings. The van der Waals surface area contributed by atoms with Gasteiger partial charge in [0.15, 0.2) is 5.82 Å². The molecular formula is C17H16N6O5. The molecule has 1 N–H and O–H groups in total. The molecule has 0 aromatic carbocycles. The highest BCUT2D eigenvalue weighted by molar-refractivity contribution is 6.44. The van der Waals surface area contributed by atoms with Crippen LogP contribution in [0.4, 0.5) is 10.6 Å². The fraction of sp³-hybridized carbons (Fsp3) is 0.353. The number of carbonyl (C=O) groups is 4. The van der Waals surface area contributed by atoms with E-state index in [9.17, 15) is 19.2 Å². The second-order valence-corrected chi connectivity index (χ2v) is 6.58. The van der Waals surface area contributed by atoms with Gasteiger partial charge in [-0.15, -0.1) is 0 Å². The average Bonchev–Trinajstić information content (AvgIpc) is 3.37. The van der Waals surface area contributed by atoms with Crippen LogP contribution in [0.3, 0.4) is 0 Å². The summed E-state index contributed by atoms with van der Waals surface area (Å²) in [4.78, 5) is 58.1. The van der Waals surface area contributed by atoms with Gasteiger partial charge in [0.2, 0.25) is 11.8 Å². The van der Waals surface area contributed by atoms with Gasteiger partial charge in [-0.05, 0) is 30.9 Å². The first-order valence-electron chi connectivity index (χ1n) is 8.71. The summed E-state index contributed by atoms with van der Waals surface area (Å²) in [6.07, 6.45) is 3.26. The van der Waals surface area contributed by atoms with E-state index in [0.717, 1.165) is 22.6 Å². The Balaban J connectivity index is 1.36. The molecule has 0 spiro atoms. The van der Waals surface area contributed by atoms with Crippen molar-refractivity contribution in [3.8, 4) is 0 Å². The van der Waals surface area contributed by atoms with E-state index in [4.69, 9.17) is 4.52 Å². The molecule has 3 heterocycles. The molecule has 1 aliphatic heterocycles. The van der Waals surface area contributed by atoms with Crippen LogP contribution < -0.4 is 5.32 Å². The quantitative estimate of drug-likeness (QED) is 0.533. The molecule has 5 amide bonds. The van der Waals surface area contributed by atoms with E-state index < -0.39 is 23.8 Å². The predicted octanol–water partition coefficient (Wildman–Crippen LogP) is 0.347. The van der Waals surface area contributed by atoms with Crippen LogP contribution in [0, 0.1) is 5.92 Å². The van der Waals surface area contributed by atoms with Crippen molar-refractivity contribution in [1.29, 1.82) is 0 Å². The molecule has 1 saturated heterocycles. The zero-order valence-corrected chi connectivity index (χ0v) is 14.7. The summed E-state index contributed by atoms with van der Waals surface area (Å²) in [6.45, 7) is -0.0673. The largest absolute Gasteiger partial charge is 0.337 e. The number of pyridine rings is 1. The molecular weight excluding hydrogens is 368 g/mol. The van der Waals surface area contributed by atoms with E-state index in [1.807, 2.05) is 0 Å². The van der Waals surface area contributed by atoms with Crippen molar-refractivity contribution >= 4 is 29.6 Å². The molecule has 2 aromatic heterocycles. The van der Waals surface area contributed by atoms with Crippen LogP contribution in [-0.2, 0) is 27.3 Å². The number of hydrogen-bond donors (Lipinski definition) is 1. The fourth-order valence-corrected chi connectivity index (χ4v) is 2.74. The maximum absolute atomic E-state index is 12.3. The Hall–Kier alpha value is -3.63. The van der Waals surface area contributed by atoms with Gasteiger partial charge < -0.3 is 9.84 Å². The summed E-state index contributed by atoms with van der Waals surface area (Å²) in [5.41, 5.74) is 0. The molecule has 2 aliphatic rings. The number of rotatable bonds is 7. The van der Waals surface area contributed by atoms with E-state index in [-0.39, 0.29) is 37.1 Å². The molecule has 2 fully saturated rings. The highest BCUT2D eigenvalue weighted by atomic mass is 16.5. The number of nitrogens with one attached hydrogen (secondary N) is 1. The van der Waals surface area contributed by atoms with Gasteiger partial charge >= 0.3 is 17.8 Å². The van der Waals surface area contributed by atoms with Crippen LogP contribution in [0.5, 0.6) is 0 Å². The van der Waals surface area contributed by atoms with E-state index in [0.29, 0.717) is 5.82 Å². The fourth-order valence-electron chi connectivity index (χ4n) is 2.74. The lowest BCUT2D eigenvalue weighted by atomic mass is 10.3. The Labute approximate surface area is 158 Å². The van der Waals surface area contributed by atoms with Crippen molar-refractivity contribution in [1.82, 2.24) is 24.9 Å². The minimum atomic E-state index is -0.918. The molecule has 0 bridgehead atoms. The summed E-state index contributed by atoms with van der Waals surface area (Å²) in [5, 5.41) is 6.25. The van der Waals surface area contributed by atoms with Crippen LogP contribution in [0.2, 0.25) is 0 Å². The van der Waals surface area contributed by atoms with Gasteiger partial charge in [-0.2, -0.15) is 4.98 Å². The highest BCUT2D eigenvalue weighted by Gasteiger charge is 2.46. The van der Waals surface area contributed by atoms with Gasteiger partial charge in [0.25, 0.3) is 0 Å². The Morgan fingerprint density at radius 1 is 1.18 bits per heavy atom. The normalized spacial score (nSPS) is 16.8. The molecule has 11 heteroatoms. The summed E-state index contributed by atoms with van der Waals surface area (Å²) in [7, 11) is 0. The maximum atomic E-state index is 12.3. The summed E-state index contributed by atoms with van der Waals surface area (Å²) >= 11 is 0. The number of carbonyl (C=O) groups excluding carboxylic acids is 4. The Morgan fingerprint density at radius 2 is 1.96 bits per heavy atom. The minimum Gasteiger partial charge on any atom is -0.337 e. The Morgan fingerprint density at radius 3 is 2.68 bits per heavy atom. The summed E-state index contributed by atoms with van der Waals surface area (Å²) < 4.78 is 5.01. The van der Waals surface area contributed by atoms with Gasteiger partial charge in [0.05, 0.1) is 6.42 Å². The second-order valence-electron chi connectivity index (χ2n) is 6.58. The number of anilines is 1. The number of amides is 5. The lowest BCUT2D eigenvalue weighted by Gasteiger charge is -2.13. The Bertz CT molecular complexity index is 939. The van der Waals surface area contributed by atoms with E-state index in [1.54, 1.807) is 24.4 Å². The second kappa shape index (κ2) is 7.18. The van der Waals surface area contributed by atoms with Crippen LogP contribution >= 0.6 is 0 Å². The number of aromatic nitrogens is 3. The van der Waals surface area contributed by atoms with Crippen molar-refractivity contribution in [2.75, 3.05) is 11.9 Å². The standard InChI is InChI=1S/C17H16N6O5/c24-13(19-11-3-1-2-6-18-11)7-12-20-14(28-21-12)9-23-16(26)15(25)22(17(23)27)8-10-4-5-10/h1-3,6,10H,4-5,7-9H2,(H,18,19,24). The van der Waals surface area contributed by atoms with Gasteiger partial charge in [0, 0.05) is 12.7 Å². The lowest BCUT2D eigenvalue weighted by Crippen LogP contribution is -2.34. The summed E-state index contributed by atoms with van der Waals surface area (Å²) in [5.74, 6) is -1.45. The van der Waals surface area contributed by atoms with Crippen LogP contribution in [0.15, 0.2) is 28.9 Å². The molecule has 144 valence electrons. The van der Waals surface area contributed by atoms with Gasteiger partial charge in [-0.25, -0.2) is 14.7 Å². The van der Waals surface area contributed by atoms with Crippen LogP contribution in [0.1, 0.15) is 24.6 Å². The minimum absolute atomic E-state index is 0.0385. The smallest absolute Gasteiger partial charge is 0.334 e. The monoisotopic (exact) mass is 384 g/mol. The van der Waals surface area contributed by atoms with Crippen molar-refractivity contribution in [3.63, 3.8) is 0 Å². The predicted molar refractivity (Wildman–Crippen MR) is 91.3 cm³/mol. The SMILES string of the molecule is O=C(Cc1noc(CN2C(=O)C(=O)N(CC3CC3)C2=O)n1)Nc1ccccn1. The van der Waals surface area contributed by atoms with Crippen LogP contribution in [0.25, 0.3) is 0 Å². The molecule has 28 heavy (non-hydrogen) atoms. The molecule has 1 saturated carbocycles.